The number of aryl methyl sites for hydroxylation is 1. The van der Waals surface area contributed by atoms with Gasteiger partial charge in [-0.1, -0.05) is 29.8 Å². The third-order valence-corrected chi connectivity index (χ3v) is 4.65. The van der Waals surface area contributed by atoms with Crippen molar-refractivity contribution in [2.24, 2.45) is 5.92 Å². The van der Waals surface area contributed by atoms with E-state index in [1.807, 2.05) is 0 Å². The number of benzene rings is 1. The Balaban J connectivity index is 1.43. The van der Waals surface area contributed by atoms with E-state index in [0.717, 1.165) is 31.1 Å². The minimum atomic E-state index is 0.134. The molecule has 4 heteroatoms. The van der Waals surface area contributed by atoms with Gasteiger partial charge in [-0.25, -0.2) is 0 Å². The molecule has 0 radical (unpaired) electrons. The van der Waals surface area contributed by atoms with Crippen LogP contribution in [0.1, 0.15) is 24.0 Å². The first-order valence-corrected chi connectivity index (χ1v) is 7.99. The molecule has 2 saturated heterocycles. The Morgan fingerprint density at radius 1 is 1.33 bits per heavy atom. The lowest BCUT2D eigenvalue weighted by Crippen LogP contribution is -2.41. The lowest BCUT2D eigenvalue weighted by molar-refractivity contribution is -0.122. The van der Waals surface area contributed by atoms with Crippen molar-refractivity contribution in [1.29, 1.82) is 0 Å². The number of carbonyl (C=O) groups excluding carboxylic acids is 1. The molecule has 0 spiro atoms. The van der Waals surface area contributed by atoms with Crippen LogP contribution in [0.15, 0.2) is 24.3 Å². The first-order chi connectivity index (χ1) is 10.2. The number of nitrogens with zero attached hydrogens (tertiary/aromatic N) is 1. The highest BCUT2D eigenvalue weighted by atomic mass is 16.2. The Labute approximate surface area is 126 Å². The van der Waals surface area contributed by atoms with Crippen LogP contribution in [0.5, 0.6) is 0 Å². The van der Waals surface area contributed by atoms with Crippen LogP contribution < -0.4 is 10.6 Å². The minimum Gasteiger partial charge on any atom is -0.351 e. The van der Waals surface area contributed by atoms with Crippen molar-refractivity contribution in [2.45, 2.75) is 32.4 Å². The quantitative estimate of drug-likeness (QED) is 0.877. The molecule has 0 aromatic heterocycles. The van der Waals surface area contributed by atoms with Gasteiger partial charge in [0, 0.05) is 25.7 Å². The van der Waals surface area contributed by atoms with Crippen molar-refractivity contribution in [2.75, 3.05) is 26.2 Å². The summed E-state index contributed by atoms with van der Waals surface area (Å²) in [5, 5.41) is 6.60. The maximum atomic E-state index is 12.1. The molecule has 3 rings (SSSR count). The standard InChI is InChI=1S/C17H25N3O/c1-13-4-6-14(7-5-13)9-19-17(21)12-20-10-15-3-2-8-18-16(15)11-20/h4-7,15-16,18H,2-3,8-12H2,1H3,(H,19,21). The maximum absolute atomic E-state index is 12.1. The number of nitrogens with one attached hydrogen (secondary N) is 2. The summed E-state index contributed by atoms with van der Waals surface area (Å²) in [6, 6.07) is 8.91. The van der Waals surface area contributed by atoms with Gasteiger partial charge in [-0.05, 0) is 37.8 Å². The fraction of sp³-hybridized carbons (Fsp3) is 0.588. The molecule has 2 heterocycles. The van der Waals surface area contributed by atoms with Gasteiger partial charge in [-0.15, -0.1) is 0 Å². The summed E-state index contributed by atoms with van der Waals surface area (Å²) in [6.45, 7) is 6.44. The second-order valence-electron chi connectivity index (χ2n) is 6.42. The van der Waals surface area contributed by atoms with Crippen molar-refractivity contribution in [1.82, 2.24) is 15.5 Å². The number of hydrogen-bond acceptors (Lipinski definition) is 3. The van der Waals surface area contributed by atoms with E-state index in [2.05, 4.69) is 46.7 Å². The number of likely N-dealkylation sites (tertiary alicyclic amines) is 1. The number of piperidine rings is 1. The monoisotopic (exact) mass is 287 g/mol. The van der Waals surface area contributed by atoms with Crippen LogP contribution in [0, 0.1) is 12.8 Å². The Morgan fingerprint density at radius 3 is 2.90 bits per heavy atom. The van der Waals surface area contributed by atoms with Crippen LogP contribution in [-0.2, 0) is 11.3 Å². The molecule has 1 amide bonds. The summed E-state index contributed by atoms with van der Waals surface area (Å²) in [7, 11) is 0. The molecule has 2 unspecified atom stereocenters. The van der Waals surface area contributed by atoms with Gasteiger partial charge < -0.3 is 10.6 Å². The minimum absolute atomic E-state index is 0.134. The largest absolute Gasteiger partial charge is 0.351 e. The number of rotatable bonds is 4. The number of carbonyl (C=O) groups is 1. The Hall–Kier alpha value is -1.39. The molecule has 2 aliphatic heterocycles. The summed E-state index contributed by atoms with van der Waals surface area (Å²) in [5.41, 5.74) is 2.41. The highest BCUT2D eigenvalue weighted by Gasteiger charge is 2.34. The third-order valence-electron chi connectivity index (χ3n) is 4.65. The Bertz CT molecular complexity index is 471. The van der Waals surface area contributed by atoms with Gasteiger partial charge >= 0.3 is 0 Å². The predicted molar refractivity (Wildman–Crippen MR) is 84.0 cm³/mol. The summed E-state index contributed by atoms with van der Waals surface area (Å²) in [4.78, 5) is 14.4. The lowest BCUT2D eigenvalue weighted by Gasteiger charge is -2.24. The van der Waals surface area contributed by atoms with Crippen LogP contribution in [-0.4, -0.2) is 43.0 Å². The summed E-state index contributed by atoms with van der Waals surface area (Å²) in [6.07, 6.45) is 2.58. The highest BCUT2D eigenvalue weighted by molar-refractivity contribution is 5.78. The maximum Gasteiger partial charge on any atom is 0.234 e. The van der Waals surface area contributed by atoms with Crippen molar-refractivity contribution in [3.8, 4) is 0 Å². The van der Waals surface area contributed by atoms with Gasteiger partial charge in [0.25, 0.3) is 0 Å². The fourth-order valence-corrected chi connectivity index (χ4v) is 3.43. The second kappa shape index (κ2) is 6.58. The van der Waals surface area contributed by atoms with Crippen molar-refractivity contribution >= 4 is 5.91 Å². The molecule has 2 fully saturated rings. The zero-order valence-corrected chi connectivity index (χ0v) is 12.8. The zero-order valence-electron chi connectivity index (χ0n) is 12.8. The molecule has 0 bridgehead atoms. The average Bonchev–Trinajstić information content (AvgIpc) is 2.88. The van der Waals surface area contributed by atoms with E-state index in [1.54, 1.807) is 0 Å². The number of hydrogen-bond donors (Lipinski definition) is 2. The summed E-state index contributed by atoms with van der Waals surface area (Å²) >= 11 is 0. The van der Waals surface area contributed by atoms with E-state index in [9.17, 15) is 4.79 Å². The van der Waals surface area contributed by atoms with Gasteiger partial charge in [0.15, 0.2) is 0 Å². The van der Waals surface area contributed by atoms with Gasteiger partial charge in [0.1, 0.15) is 0 Å². The molecule has 4 nitrogen and oxygen atoms in total. The van der Waals surface area contributed by atoms with E-state index >= 15 is 0 Å². The third kappa shape index (κ3) is 3.83. The first-order valence-electron chi connectivity index (χ1n) is 7.99. The van der Waals surface area contributed by atoms with Crippen molar-refractivity contribution in [3.63, 3.8) is 0 Å². The van der Waals surface area contributed by atoms with Crippen molar-refractivity contribution < 1.29 is 4.79 Å². The molecule has 21 heavy (non-hydrogen) atoms. The van der Waals surface area contributed by atoms with Gasteiger partial charge in [-0.2, -0.15) is 0 Å². The van der Waals surface area contributed by atoms with E-state index in [4.69, 9.17) is 0 Å². The molecule has 0 saturated carbocycles. The smallest absolute Gasteiger partial charge is 0.234 e. The van der Waals surface area contributed by atoms with Gasteiger partial charge in [0.05, 0.1) is 6.54 Å². The van der Waals surface area contributed by atoms with E-state index in [1.165, 1.54) is 18.4 Å². The molecule has 1 aromatic carbocycles. The Morgan fingerprint density at radius 2 is 2.14 bits per heavy atom. The molecule has 1 aromatic rings. The van der Waals surface area contributed by atoms with Crippen LogP contribution in [0.25, 0.3) is 0 Å². The fourth-order valence-electron chi connectivity index (χ4n) is 3.43. The molecule has 2 atom stereocenters. The summed E-state index contributed by atoms with van der Waals surface area (Å²) < 4.78 is 0. The first kappa shape index (κ1) is 14.5. The summed E-state index contributed by atoms with van der Waals surface area (Å²) in [5.74, 6) is 0.873. The number of amides is 1. The topological polar surface area (TPSA) is 44.4 Å². The van der Waals surface area contributed by atoms with Crippen LogP contribution >= 0.6 is 0 Å². The van der Waals surface area contributed by atoms with Gasteiger partial charge in [0.2, 0.25) is 5.91 Å². The lowest BCUT2D eigenvalue weighted by atomic mass is 9.94. The molecule has 2 N–H and O–H groups in total. The van der Waals surface area contributed by atoms with Crippen molar-refractivity contribution in [3.05, 3.63) is 35.4 Å². The molecule has 0 aliphatic carbocycles. The highest BCUT2D eigenvalue weighted by Crippen LogP contribution is 2.24. The zero-order chi connectivity index (χ0) is 14.7. The molecule has 114 valence electrons. The normalized spacial score (nSPS) is 25.6. The Kier molecular flexibility index (Phi) is 4.56. The van der Waals surface area contributed by atoms with Crippen LogP contribution in [0.4, 0.5) is 0 Å². The number of fused-ring (bicyclic) bond motifs is 1. The van der Waals surface area contributed by atoms with Crippen LogP contribution in [0.3, 0.4) is 0 Å². The second-order valence-corrected chi connectivity index (χ2v) is 6.42. The SMILES string of the molecule is Cc1ccc(CNC(=O)CN2CC3CCCNC3C2)cc1. The van der Waals surface area contributed by atoms with Gasteiger partial charge in [-0.3, -0.25) is 9.69 Å². The molecular formula is C17H25N3O. The van der Waals surface area contributed by atoms with Crippen LogP contribution in [0.2, 0.25) is 0 Å². The molecular weight excluding hydrogens is 262 g/mol. The van der Waals surface area contributed by atoms with E-state index in [0.29, 0.717) is 19.1 Å². The van der Waals surface area contributed by atoms with E-state index in [-0.39, 0.29) is 5.91 Å². The average molecular weight is 287 g/mol. The predicted octanol–water partition coefficient (Wildman–Crippen LogP) is 1.30. The van der Waals surface area contributed by atoms with E-state index < -0.39 is 0 Å². The molecule has 2 aliphatic rings.